The molecule has 2 amide bonds. The summed E-state index contributed by atoms with van der Waals surface area (Å²) in [7, 11) is 0. The van der Waals surface area contributed by atoms with Crippen LogP contribution in [0.15, 0.2) is 58.6 Å². The number of amides is 2. The highest BCUT2D eigenvalue weighted by Crippen LogP contribution is 2.24. The van der Waals surface area contributed by atoms with Gasteiger partial charge in [0.2, 0.25) is 0 Å². The minimum Gasteiger partial charge on any atom is -0.372 e. The van der Waals surface area contributed by atoms with Crippen molar-refractivity contribution in [3.63, 3.8) is 0 Å². The van der Waals surface area contributed by atoms with E-state index in [0.29, 0.717) is 5.69 Å². The number of carbonyl (C=O) groups is 2. The van der Waals surface area contributed by atoms with Crippen LogP contribution in [0.5, 0.6) is 0 Å². The smallest absolute Gasteiger partial charge is 0.270 e. The number of carbonyl (C=O) groups excluding carboxylic acids is 2. The first-order chi connectivity index (χ1) is 13.4. The van der Waals surface area contributed by atoms with Crippen LogP contribution in [0.3, 0.4) is 0 Å². The maximum absolute atomic E-state index is 13.0. The summed E-state index contributed by atoms with van der Waals surface area (Å²) in [5, 5.41) is 2.68. The summed E-state index contributed by atoms with van der Waals surface area (Å²) in [6, 6.07) is 14.9. The second-order valence-electron chi connectivity index (χ2n) is 6.20. The second-order valence-corrected chi connectivity index (χ2v) is 7.50. The number of halogens is 1. The highest BCUT2D eigenvalue weighted by atomic mass is 79.9. The van der Waals surface area contributed by atoms with Gasteiger partial charge in [0, 0.05) is 23.2 Å². The molecule has 0 aliphatic carbocycles. The molecule has 0 unspecified atom stereocenters. The van der Waals surface area contributed by atoms with Gasteiger partial charge in [-0.2, -0.15) is 0 Å². The molecule has 0 aromatic heterocycles. The average Bonchev–Trinajstić information content (AvgIpc) is 2.68. The van der Waals surface area contributed by atoms with Gasteiger partial charge in [0.05, 0.1) is 5.69 Å². The Hall–Kier alpha value is -2.51. The topological polar surface area (TPSA) is 52.7 Å². The first-order valence-electron chi connectivity index (χ1n) is 8.96. The largest absolute Gasteiger partial charge is 0.372 e. The number of rotatable bonds is 5. The molecule has 1 N–H and O–H groups in total. The molecular formula is C21H20BrN3O2S. The van der Waals surface area contributed by atoms with Crippen molar-refractivity contribution >= 4 is 62.5 Å². The minimum atomic E-state index is -0.490. The van der Waals surface area contributed by atoms with Crippen LogP contribution in [0, 0.1) is 0 Å². The fourth-order valence-corrected chi connectivity index (χ4v) is 3.56. The molecule has 0 radical (unpaired) electrons. The summed E-state index contributed by atoms with van der Waals surface area (Å²) in [5.74, 6) is -0.930. The summed E-state index contributed by atoms with van der Waals surface area (Å²) in [4.78, 5) is 28.9. The molecule has 1 fully saturated rings. The van der Waals surface area contributed by atoms with Gasteiger partial charge in [-0.05, 0) is 74.1 Å². The molecule has 0 saturated carbocycles. The number of benzene rings is 2. The molecule has 144 valence electrons. The van der Waals surface area contributed by atoms with Crippen molar-refractivity contribution in [1.82, 2.24) is 5.32 Å². The highest BCUT2D eigenvalue weighted by molar-refractivity contribution is 9.10. The Morgan fingerprint density at radius 2 is 1.64 bits per heavy atom. The fraction of sp³-hybridized carbons (Fsp3) is 0.190. The minimum absolute atomic E-state index is 0.0482. The van der Waals surface area contributed by atoms with E-state index in [1.807, 2.05) is 36.4 Å². The Morgan fingerprint density at radius 1 is 1.04 bits per heavy atom. The molecule has 7 heteroatoms. The van der Waals surface area contributed by atoms with E-state index in [4.69, 9.17) is 12.2 Å². The lowest BCUT2D eigenvalue weighted by molar-refractivity contribution is -0.122. The number of hydrogen-bond acceptors (Lipinski definition) is 4. The van der Waals surface area contributed by atoms with Crippen LogP contribution in [0.1, 0.15) is 19.4 Å². The summed E-state index contributed by atoms with van der Waals surface area (Å²) < 4.78 is 0.889. The van der Waals surface area contributed by atoms with Crippen molar-refractivity contribution in [2.75, 3.05) is 22.9 Å². The van der Waals surface area contributed by atoms with Gasteiger partial charge in [-0.25, -0.2) is 0 Å². The quantitative estimate of drug-likeness (QED) is 0.416. The van der Waals surface area contributed by atoms with Gasteiger partial charge in [0.15, 0.2) is 5.11 Å². The van der Waals surface area contributed by atoms with E-state index in [0.717, 1.165) is 28.8 Å². The molecule has 2 aromatic carbocycles. The van der Waals surface area contributed by atoms with Crippen LogP contribution in [0.4, 0.5) is 11.4 Å². The van der Waals surface area contributed by atoms with E-state index in [2.05, 4.69) is 40.0 Å². The summed E-state index contributed by atoms with van der Waals surface area (Å²) in [6.07, 6.45) is 1.59. The van der Waals surface area contributed by atoms with E-state index in [1.165, 1.54) is 4.90 Å². The molecule has 3 rings (SSSR count). The van der Waals surface area contributed by atoms with Gasteiger partial charge in [-0.15, -0.1) is 0 Å². The molecule has 1 saturated heterocycles. The first-order valence-corrected chi connectivity index (χ1v) is 10.2. The van der Waals surface area contributed by atoms with E-state index >= 15 is 0 Å². The van der Waals surface area contributed by atoms with E-state index in [9.17, 15) is 9.59 Å². The maximum atomic E-state index is 13.0. The number of nitrogens with zero attached hydrogens (tertiary/aromatic N) is 2. The zero-order valence-corrected chi connectivity index (χ0v) is 18.0. The third-order valence-corrected chi connectivity index (χ3v) is 5.33. The SMILES string of the molecule is CCN(CC)c1ccc(C=C2C(=O)NC(=S)N(c3ccc(Br)cc3)C2=O)cc1. The molecule has 28 heavy (non-hydrogen) atoms. The monoisotopic (exact) mass is 457 g/mol. The van der Waals surface area contributed by atoms with Crippen molar-refractivity contribution in [2.45, 2.75) is 13.8 Å². The van der Waals surface area contributed by atoms with Crippen LogP contribution in [-0.2, 0) is 9.59 Å². The Kier molecular flexibility index (Phi) is 6.26. The Morgan fingerprint density at radius 3 is 2.21 bits per heavy atom. The number of anilines is 2. The van der Waals surface area contributed by atoms with Gasteiger partial charge in [-0.3, -0.25) is 19.8 Å². The van der Waals surface area contributed by atoms with E-state index in [-0.39, 0.29) is 10.7 Å². The lowest BCUT2D eigenvalue weighted by atomic mass is 10.1. The van der Waals surface area contributed by atoms with E-state index in [1.54, 1.807) is 18.2 Å². The number of nitrogens with one attached hydrogen (secondary N) is 1. The molecule has 0 atom stereocenters. The summed E-state index contributed by atoms with van der Waals surface area (Å²) in [5.41, 5.74) is 2.52. The third-order valence-electron chi connectivity index (χ3n) is 4.52. The normalized spacial score (nSPS) is 15.8. The van der Waals surface area contributed by atoms with Crippen LogP contribution in [0.25, 0.3) is 6.08 Å². The molecule has 1 aliphatic heterocycles. The predicted molar refractivity (Wildman–Crippen MR) is 120 cm³/mol. The van der Waals surface area contributed by atoms with Crippen molar-refractivity contribution < 1.29 is 9.59 Å². The molecule has 0 bridgehead atoms. The highest BCUT2D eigenvalue weighted by Gasteiger charge is 2.34. The zero-order chi connectivity index (χ0) is 20.3. The lowest BCUT2D eigenvalue weighted by Gasteiger charge is -2.29. The van der Waals surface area contributed by atoms with Crippen molar-refractivity contribution in [3.05, 3.63) is 64.1 Å². The van der Waals surface area contributed by atoms with Crippen molar-refractivity contribution in [1.29, 1.82) is 0 Å². The van der Waals surface area contributed by atoms with Gasteiger partial charge < -0.3 is 4.90 Å². The number of thiocarbonyl (C=S) groups is 1. The van der Waals surface area contributed by atoms with Crippen molar-refractivity contribution in [2.24, 2.45) is 0 Å². The Bertz CT molecular complexity index is 935. The van der Waals surface area contributed by atoms with Crippen LogP contribution in [0.2, 0.25) is 0 Å². The lowest BCUT2D eigenvalue weighted by Crippen LogP contribution is -2.54. The summed E-state index contributed by atoms with van der Waals surface area (Å²) in [6.45, 7) is 6.03. The van der Waals surface area contributed by atoms with Gasteiger partial charge >= 0.3 is 0 Å². The average molecular weight is 458 g/mol. The molecule has 1 heterocycles. The van der Waals surface area contributed by atoms with Gasteiger partial charge in [0.25, 0.3) is 11.8 Å². The van der Waals surface area contributed by atoms with Gasteiger partial charge in [0.1, 0.15) is 5.57 Å². The molecular weight excluding hydrogens is 438 g/mol. The zero-order valence-electron chi connectivity index (χ0n) is 15.6. The van der Waals surface area contributed by atoms with Crippen molar-refractivity contribution in [3.8, 4) is 0 Å². The maximum Gasteiger partial charge on any atom is 0.270 e. The Labute approximate surface area is 178 Å². The van der Waals surface area contributed by atoms with Crippen LogP contribution in [-0.4, -0.2) is 30.0 Å². The molecule has 1 aliphatic rings. The van der Waals surface area contributed by atoms with E-state index < -0.39 is 11.8 Å². The first kappa shape index (κ1) is 20.2. The third kappa shape index (κ3) is 4.15. The predicted octanol–water partition coefficient (Wildman–Crippen LogP) is 4.13. The number of hydrogen-bond donors (Lipinski definition) is 1. The molecule has 0 spiro atoms. The van der Waals surface area contributed by atoms with Crippen LogP contribution < -0.4 is 15.1 Å². The Balaban J connectivity index is 1.91. The molecule has 2 aromatic rings. The fourth-order valence-electron chi connectivity index (χ4n) is 3.02. The second kappa shape index (κ2) is 8.67. The van der Waals surface area contributed by atoms with Crippen LogP contribution >= 0.6 is 28.1 Å². The van der Waals surface area contributed by atoms with Gasteiger partial charge in [-0.1, -0.05) is 28.1 Å². The standard InChI is InChI=1S/C21H20BrN3O2S/c1-3-24(4-2)16-9-5-14(6-10-16)13-18-19(26)23-21(28)25(20(18)27)17-11-7-15(22)8-12-17/h5-13H,3-4H2,1-2H3,(H,23,26,28). The summed E-state index contributed by atoms with van der Waals surface area (Å²) >= 11 is 8.59. The molecule has 5 nitrogen and oxygen atoms in total.